The molecule has 0 saturated carbocycles. The van der Waals surface area contributed by atoms with Crippen LogP contribution in [0.3, 0.4) is 0 Å². The Morgan fingerprint density at radius 3 is 3.09 bits per heavy atom. The van der Waals surface area contributed by atoms with Gasteiger partial charge in [-0.05, 0) is 6.72 Å². The first kappa shape index (κ1) is 7.94. The van der Waals surface area contributed by atoms with Crippen molar-refractivity contribution in [3.8, 4) is 0 Å². The Morgan fingerprint density at radius 1 is 1.82 bits per heavy atom. The van der Waals surface area contributed by atoms with Crippen LogP contribution in [0.2, 0.25) is 0 Å². The molecule has 0 spiro atoms. The van der Waals surface area contributed by atoms with Gasteiger partial charge in [0.2, 0.25) is 0 Å². The Labute approximate surface area is 69.0 Å². The van der Waals surface area contributed by atoms with E-state index in [1.807, 2.05) is 0 Å². The molecule has 1 aromatic rings. The normalized spacial score (nSPS) is 11.6. The number of H-pyrrole nitrogens is 1. The minimum atomic E-state index is 0.327. The van der Waals surface area contributed by atoms with Crippen molar-refractivity contribution >= 4 is 29.3 Å². The fourth-order valence-corrected chi connectivity index (χ4v) is 0.803. The number of halogens is 1. The summed E-state index contributed by atoms with van der Waals surface area (Å²) in [5.74, 6) is 0.542. The van der Waals surface area contributed by atoms with Crippen molar-refractivity contribution in [3.63, 3.8) is 0 Å². The molecule has 0 saturated heterocycles. The highest BCUT2D eigenvalue weighted by molar-refractivity contribution is 6.69. The third-order valence-corrected chi connectivity index (χ3v) is 1.52. The van der Waals surface area contributed by atoms with E-state index in [1.165, 1.54) is 6.33 Å². The van der Waals surface area contributed by atoms with Crippen LogP contribution in [0.1, 0.15) is 5.69 Å². The van der Waals surface area contributed by atoms with Gasteiger partial charge in [0.25, 0.3) is 0 Å². The SMILES string of the molecule is C=Nc1[nH]cnc1/C(Cl)=N\C. The van der Waals surface area contributed by atoms with Gasteiger partial charge in [-0.15, -0.1) is 0 Å². The molecule has 0 radical (unpaired) electrons. The first-order valence-electron chi connectivity index (χ1n) is 2.92. The van der Waals surface area contributed by atoms with Crippen LogP contribution in [0.25, 0.3) is 0 Å². The van der Waals surface area contributed by atoms with E-state index in [0.717, 1.165) is 0 Å². The highest BCUT2D eigenvalue weighted by Crippen LogP contribution is 2.14. The fourth-order valence-electron chi connectivity index (χ4n) is 0.665. The lowest BCUT2D eigenvalue weighted by molar-refractivity contribution is 1.30. The van der Waals surface area contributed by atoms with Gasteiger partial charge in [-0.25, -0.2) is 9.98 Å². The average Bonchev–Trinajstić information content (AvgIpc) is 2.50. The number of hydrogen-bond donors (Lipinski definition) is 1. The monoisotopic (exact) mass is 170 g/mol. The van der Waals surface area contributed by atoms with Crippen LogP contribution in [0.4, 0.5) is 5.82 Å². The molecule has 1 aromatic heterocycles. The van der Waals surface area contributed by atoms with Crippen LogP contribution in [-0.2, 0) is 0 Å². The number of nitrogens with zero attached hydrogens (tertiary/aromatic N) is 3. The van der Waals surface area contributed by atoms with Crippen LogP contribution in [0, 0.1) is 0 Å². The van der Waals surface area contributed by atoms with Crippen molar-refractivity contribution in [2.75, 3.05) is 7.05 Å². The quantitative estimate of drug-likeness (QED) is 0.670. The number of aliphatic imine (C=N–C) groups is 2. The first-order chi connectivity index (χ1) is 5.29. The van der Waals surface area contributed by atoms with Gasteiger partial charge in [0.05, 0.1) is 6.33 Å². The zero-order valence-electron chi connectivity index (χ0n) is 6.00. The number of nitrogens with one attached hydrogen (secondary N) is 1. The van der Waals surface area contributed by atoms with Gasteiger partial charge in [-0.2, -0.15) is 0 Å². The molecule has 58 valence electrons. The van der Waals surface area contributed by atoms with Crippen LogP contribution in [0.15, 0.2) is 16.3 Å². The molecule has 0 aliphatic rings. The summed E-state index contributed by atoms with van der Waals surface area (Å²) in [4.78, 5) is 14.1. The Bertz CT molecular complexity index is 289. The minimum Gasteiger partial charge on any atom is -0.329 e. The van der Waals surface area contributed by atoms with E-state index in [9.17, 15) is 0 Å². The van der Waals surface area contributed by atoms with E-state index in [2.05, 4.69) is 26.7 Å². The Hall–Kier alpha value is -1.16. The van der Waals surface area contributed by atoms with E-state index in [0.29, 0.717) is 16.7 Å². The highest BCUT2D eigenvalue weighted by atomic mass is 35.5. The Kier molecular flexibility index (Phi) is 2.38. The predicted octanol–water partition coefficient (Wildman–Crippen LogP) is 1.36. The number of aromatic amines is 1. The molecule has 4 nitrogen and oxygen atoms in total. The topological polar surface area (TPSA) is 53.4 Å². The molecule has 0 aliphatic heterocycles. The first-order valence-corrected chi connectivity index (χ1v) is 3.30. The molecule has 1 heterocycles. The molecule has 1 rings (SSSR count). The fraction of sp³-hybridized carbons (Fsp3) is 0.167. The van der Waals surface area contributed by atoms with Crippen molar-refractivity contribution in [2.45, 2.75) is 0 Å². The zero-order valence-corrected chi connectivity index (χ0v) is 6.76. The summed E-state index contributed by atoms with van der Waals surface area (Å²) in [6, 6.07) is 0. The lowest BCUT2D eigenvalue weighted by Crippen LogP contribution is -1.90. The van der Waals surface area contributed by atoms with E-state index in [4.69, 9.17) is 11.6 Å². The summed E-state index contributed by atoms with van der Waals surface area (Å²) in [6.07, 6.45) is 1.49. The molecule has 0 aliphatic carbocycles. The summed E-state index contributed by atoms with van der Waals surface area (Å²) < 4.78 is 0. The molecule has 0 aromatic carbocycles. The number of hydrogen-bond acceptors (Lipinski definition) is 3. The Morgan fingerprint density at radius 2 is 2.55 bits per heavy atom. The van der Waals surface area contributed by atoms with E-state index in [1.54, 1.807) is 7.05 Å². The Balaban J connectivity index is 3.12. The standard InChI is InChI=1S/C6H7ClN4/c1-8-5(7)4-6(9-2)11-3-10-4/h3H,2H2,1H3,(H,10,11)/b8-5+. The molecule has 1 N–H and O–H groups in total. The van der Waals surface area contributed by atoms with Crippen molar-refractivity contribution in [2.24, 2.45) is 9.98 Å². The lowest BCUT2D eigenvalue weighted by Gasteiger charge is -1.91. The highest BCUT2D eigenvalue weighted by Gasteiger charge is 2.07. The van der Waals surface area contributed by atoms with Crippen molar-refractivity contribution < 1.29 is 0 Å². The maximum absolute atomic E-state index is 5.70. The molecule has 0 unspecified atom stereocenters. The summed E-state index contributed by atoms with van der Waals surface area (Å²) in [7, 11) is 1.59. The van der Waals surface area contributed by atoms with Gasteiger partial charge in [0.15, 0.2) is 11.0 Å². The van der Waals surface area contributed by atoms with Crippen LogP contribution < -0.4 is 0 Å². The second-order valence-corrected chi connectivity index (χ2v) is 2.13. The molecule has 0 atom stereocenters. The molecule has 0 bridgehead atoms. The third kappa shape index (κ3) is 1.46. The molecule has 0 amide bonds. The average molecular weight is 171 g/mol. The maximum atomic E-state index is 5.70. The molecule has 11 heavy (non-hydrogen) atoms. The molecular formula is C6H7ClN4. The lowest BCUT2D eigenvalue weighted by atomic mass is 10.5. The predicted molar refractivity (Wildman–Crippen MR) is 46.1 cm³/mol. The number of aromatic nitrogens is 2. The zero-order chi connectivity index (χ0) is 8.27. The van der Waals surface area contributed by atoms with Gasteiger partial charge < -0.3 is 4.98 Å². The van der Waals surface area contributed by atoms with Crippen molar-refractivity contribution in [1.82, 2.24) is 9.97 Å². The maximum Gasteiger partial charge on any atom is 0.159 e. The summed E-state index contributed by atoms with van der Waals surface area (Å²) >= 11 is 5.70. The van der Waals surface area contributed by atoms with Gasteiger partial charge in [0.1, 0.15) is 5.69 Å². The molecule has 5 heteroatoms. The van der Waals surface area contributed by atoms with E-state index >= 15 is 0 Å². The van der Waals surface area contributed by atoms with Crippen LogP contribution in [-0.4, -0.2) is 28.9 Å². The van der Waals surface area contributed by atoms with Crippen LogP contribution in [0.5, 0.6) is 0 Å². The molecule has 0 fully saturated rings. The van der Waals surface area contributed by atoms with Crippen LogP contribution >= 0.6 is 11.6 Å². The van der Waals surface area contributed by atoms with Gasteiger partial charge in [0, 0.05) is 7.05 Å². The second-order valence-electron chi connectivity index (χ2n) is 1.77. The van der Waals surface area contributed by atoms with E-state index < -0.39 is 0 Å². The summed E-state index contributed by atoms with van der Waals surface area (Å²) in [5, 5.41) is 0.327. The largest absolute Gasteiger partial charge is 0.329 e. The van der Waals surface area contributed by atoms with E-state index in [-0.39, 0.29) is 0 Å². The van der Waals surface area contributed by atoms with Gasteiger partial charge >= 0.3 is 0 Å². The van der Waals surface area contributed by atoms with Gasteiger partial charge in [-0.1, -0.05) is 11.6 Å². The smallest absolute Gasteiger partial charge is 0.159 e. The van der Waals surface area contributed by atoms with Crippen molar-refractivity contribution in [3.05, 3.63) is 12.0 Å². The molecular weight excluding hydrogens is 164 g/mol. The summed E-state index contributed by atoms with van der Waals surface area (Å²) in [5.41, 5.74) is 0.532. The number of imidazole rings is 1. The number of rotatable bonds is 2. The summed E-state index contributed by atoms with van der Waals surface area (Å²) in [6.45, 7) is 3.35. The van der Waals surface area contributed by atoms with Crippen molar-refractivity contribution in [1.29, 1.82) is 0 Å². The second kappa shape index (κ2) is 3.30. The van der Waals surface area contributed by atoms with Gasteiger partial charge in [-0.3, -0.25) is 4.99 Å². The minimum absolute atomic E-state index is 0.327. The third-order valence-electron chi connectivity index (χ3n) is 1.17.